The minimum Gasteiger partial charge on any atom is -0.343 e. The Balaban J connectivity index is 1.12. The van der Waals surface area contributed by atoms with Crippen LogP contribution in [0.1, 0.15) is 89.9 Å². The normalized spacial score (nSPS) is 40.8. The number of rotatable bonds is 7. The third kappa shape index (κ3) is 6.94. The summed E-state index contributed by atoms with van der Waals surface area (Å²) in [4.78, 5) is 26.2. The van der Waals surface area contributed by atoms with Crippen molar-refractivity contribution in [3.8, 4) is 0 Å². The third-order valence-corrected chi connectivity index (χ3v) is 9.87. The zero-order valence-electron chi connectivity index (χ0n) is 22.2. The highest BCUT2D eigenvalue weighted by atomic mass is 19.1. The highest BCUT2D eigenvalue weighted by Gasteiger charge is 2.46. The number of hydrogen-bond acceptors (Lipinski definition) is 4. The molecule has 5 fully saturated rings. The van der Waals surface area contributed by atoms with Crippen molar-refractivity contribution in [3.05, 3.63) is 0 Å². The Morgan fingerprint density at radius 2 is 1.49 bits per heavy atom. The van der Waals surface area contributed by atoms with Crippen LogP contribution < -0.4 is 21.3 Å². The van der Waals surface area contributed by atoms with Crippen molar-refractivity contribution >= 4 is 11.9 Å². The molecule has 9 heteroatoms. The smallest absolute Gasteiger partial charge is 0.315 e. The second-order valence-electron chi connectivity index (χ2n) is 12.4. The molecule has 2 saturated heterocycles. The van der Waals surface area contributed by atoms with Crippen molar-refractivity contribution in [2.75, 3.05) is 19.6 Å². The van der Waals surface area contributed by atoms with E-state index in [4.69, 9.17) is 0 Å². The molecule has 7 nitrogen and oxygen atoms in total. The van der Waals surface area contributed by atoms with Gasteiger partial charge in [-0.2, -0.15) is 0 Å². The first-order chi connectivity index (χ1) is 18.0. The molecule has 210 valence electrons. The van der Waals surface area contributed by atoms with E-state index >= 15 is 0 Å². The molecule has 2 aliphatic heterocycles. The number of amides is 3. The van der Waals surface area contributed by atoms with Gasteiger partial charge in [-0.3, -0.25) is 4.79 Å². The number of fused-ring (bicyclic) bond motifs is 1. The van der Waals surface area contributed by atoms with Crippen LogP contribution >= 0.6 is 0 Å². The zero-order valence-corrected chi connectivity index (χ0v) is 22.2. The van der Waals surface area contributed by atoms with E-state index in [-0.39, 0.29) is 30.1 Å². The second-order valence-corrected chi connectivity index (χ2v) is 12.4. The SMILES string of the molecule is O=C(NCCCN1CCCC1=O)NC1CCC2NC(C3CCC(F)CC3)C(C3CCC(F)CC3)NC2C1. The molecule has 0 aromatic heterocycles. The van der Waals surface area contributed by atoms with E-state index in [1.807, 2.05) is 4.90 Å². The fourth-order valence-electron chi connectivity index (χ4n) is 7.77. The Kier molecular flexibility index (Phi) is 9.22. The summed E-state index contributed by atoms with van der Waals surface area (Å²) in [7, 11) is 0. The maximum atomic E-state index is 13.9. The molecule has 0 spiro atoms. The van der Waals surface area contributed by atoms with Crippen LogP contribution in [-0.4, -0.2) is 79.0 Å². The number of likely N-dealkylation sites (tertiary alicyclic amines) is 1. The third-order valence-electron chi connectivity index (χ3n) is 9.87. The van der Waals surface area contributed by atoms with Crippen LogP contribution in [-0.2, 0) is 4.79 Å². The van der Waals surface area contributed by atoms with E-state index in [9.17, 15) is 18.4 Å². The quantitative estimate of drug-likeness (QED) is 0.385. The van der Waals surface area contributed by atoms with Gasteiger partial charge in [0.2, 0.25) is 5.91 Å². The van der Waals surface area contributed by atoms with Gasteiger partial charge >= 0.3 is 6.03 Å². The van der Waals surface area contributed by atoms with Crippen LogP contribution in [0.5, 0.6) is 0 Å². The van der Waals surface area contributed by atoms with Gasteiger partial charge in [-0.05, 0) is 95.3 Å². The van der Waals surface area contributed by atoms with E-state index in [0.29, 0.717) is 69.1 Å². The standard InChI is InChI=1S/C28H47F2N5O2/c29-20-8-4-18(5-9-20)26-27(19-6-10-21(30)11-7-19)34-24-17-22(12-13-23(24)33-26)32-28(37)31-14-2-16-35-15-1-3-25(35)36/h18-24,26-27,33-34H,1-17H2,(H2,31,32,37). The summed E-state index contributed by atoms with van der Waals surface area (Å²) in [6.45, 7) is 2.11. The zero-order chi connectivity index (χ0) is 25.8. The Labute approximate surface area is 220 Å². The average molecular weight is 524 g/mol. The van der Waals surface area contributed by atoms with Crippen LogP contribution in [0.3, 0.4) is 0 Å². The lowest BCUT2D eigenvalue weighted by Gasteiger charge is -2.53. The Morgan fingerprint density at radius 3 is 2.08 bits per heavy atom. The summed E-state index contributed by atoms with van der Waals surface area (Å²) in [5.74, 6) is 1.15. The Morgan fingerprint density at radius 1 is 0.865 bits per heavy atom. The van der Waals surface area contributed by atoms with Crippen molar-refractivity contribution in [1.82, 2.24) is 26.2 Å². The monoisotopic (exact) mass is 523 g/mol. The van der Waals surface area contributed by atoms with Crippen LogP contribution in [0.25, 0.3) is 0 Å². The van der Waals surface area contributed by atoms with E-state index in [1.54, 1.807) is 0 Å². The summed E-state index contributed by atoms with van der Waals surface area (Å²) in [5.41, 5.74) is 0. The molecule has 0 bridgehead atoms. The minimum atomic E-state index is -0.668. The number of alkyl halides is 2. The van der Waals surface area contributed by atoms with E-state index < -0.39 is 12.3 Å². The number of urea groups is 1. The van der Waals surface area contributed by atoms with Gasteiger partial charge in [0.15, 0.2) is 0 Å². The van der Waals surface area contributed by atoms with Gasteiger partial charge in [0.05, 0.1) is 0 Å². The molecule has 0 radical (unpaired) electrons. The van der Waals surface area contributed by atoms with E-state index in [0.717, 1.165) is 64.3 Å². The van der Waals surface area contributed by atoms with Crippen LogP contribution in [0.4, 0.5) is 13.6 Å². The second kappa shape index (κ2) is 12.6. The van der Waals surface area contributed by atoms with Gasteiger partial charge in [-0.25, -0.2) is 13.6 Å². The van der Waals surface area contributed by atoms with Crippen molar-refractivity contribution in [3.63, 3.8) is 0 Å². The highest BCUT2D eigenvalue weighted by molar-refractivity contribution is 5.78. The lowest BCUT2D eigenvalue weighted by atomic mass is 9.70. The molecule has 5 atom stereocenters. The Hall–Kier alpha value is -1.48. The minimum absolute atomic E-state index is 0.122. The number of nitrogens with zero attached hydrogens (tertiary/aromatic N) is 1. The summed E-state index contributed by atoms with van der Waals surface area (Å²) in [6.07, 6.45) is 10.2. The number of nitrogens with one attached hydrogen (secondary N) is 4. The number of halogens is 2. The van der Waals surface area contributed by atoms with Gasteiger partial charge < -0.3 is 26.2 Å². The lowest BCUT2D eigenvalue weighted by Crippen LogP contribution is -2.71. The first-order valence-electron chi connectivity index (χ1n) is 15.1. The molecule has 0 aromatic carbocycles. The number of carbonyl (C=O) groups is 2. The first kappa shape index (κ1) is 27.1. The molecular weight excluding hydrogens is 476 g/mol. The van der Waals surface area contributed by atoms with Crippen molar-refractivity contribution in [1.29, 1.82) is 0 Å². The highest BCUT2D eigenvalue weighted by Crippen LogP contribution is 2.39. The van der Waals surface area contributed by atoms with Gasteiger partial charge in [-0.15, -0.1) is 0 Å². The molecule has 5 unspecified atom stereocenters. The van der Waals surface area contributed by atoms with Gasteiger partial charge in [0.25, 0.3) is 0 Å². The number of hydrogen-bond donors (Lipinski definition) is 4. The van der Waals surface area contributed by atoms with Crippen LogP contribution in [0.2, 0.25) is 0 Å². The van der Waals surface area contributed by atoms with E-state index in [2.05, 4.69) is 21.3 Å². The van der Waals surface area contributed by atoms with Gasteiger partial charge in [0, 0.05) is 56.3 Å². The summed E-state index contributed by atoms with van der Waals surface area (Å²) in [5, 5.41) is 14.2. The Bertz CT molecular complexity index is 772. The molecule has 3 saturated carbocycles. The topological polar surface area (TPSA) is 85.5 Å². The maximum absolute atomic E-state index is 13.9. The fourth-order valence-corrected chi connectivity index (χ4v) is 7.77. The van der Waals surface area contributed by atoms with Crippen LogP contribution in [0, 0.1) is 11.8 Å². The molecule has 5 aliphatic rings. The molecule has 2 heterocycles. The fraction of sp³-hybridized carbons (Fsp3) is 0.929. The largest absolute Gasteiger partial charge is 0.343 e. The summed E-state index contributed by atoms with van der Waals surface area (Å²) in [6, 6.07) is 1.25. The molecule has 5 rings (SSSR count). The van der Waals surface area contributed by atoms with Gasteiger partial charge in [0.1, 0.15) is 12.3 Å². The molecule has 37 heavy (non-hydrogen) atoms. The van der Waals surface area contributed by atoms with Crippen molar-refractivity contribution in [2.45, 2.75) is 132 Å². The molecule has 4 N–H and O–H groups in total. The van der Waals surface area contributed by atoms with E-state index in [1.165, 1.54) is 0 Å². The number of piperazine rings is 1. The van der Waals surface area contributed by atoms with Crippen LogP contribution in [0.15, 0.2) is 0 Å². The summed E-state index contributed by atoms with van der Waals surface area (Å²) < 4.78 is 27.8. The molecular formula is C28H47F2N5O2. The average Bonchev–Trinajstić information content (AvgIpc) is 3.31. The molecule has 3 aliphatic carbocycles. The predicted octanol–water partition coefficient (Wildman–Crippen LogP) is 3.57. The van der Waals surface area contributed by atoms with Crippen molar-refractivity contribution < 1.29 is 18.4 Å². The lowest BCUT2D eigenvalue weighted by molar-refractivity contribution is -0.127. The first-order valence-corrected chi connectivity index (χ1v) is 15.1. The number of carbonyl (C=O) groups excluding carboxylic acids is 2. The maximum Gasteiger partial charge on any atom is 0.315 e. The predicted molar refractivity (Wildman–Crippen MR) is 140 cm³/mol. The van der Waals surface area contributed by atoms with Crippen molar-refractivity contribution in [2.24, 2.45) is 11.8 Å². The summed E-state index contributed by atoms with van der Waals surface area (Å²) >= 11 is 0. The molecule has 0 aromatic rings. The molecule has 3 amide bonds. The van der Waals surface area contributed by atoms with Gasteiger partial charge in [-0.1, -0.05) is 0 Å².